The fraction of sp³-hybridized carbons (Fsp3) is 0.941. The number of amides is 1. The molecule has 4 heteroatoms. The smallest absolute Gasteiger partial charge is 0.234 e. The average Bonchev–Trinajstić information content (AvgIpc) is 2.40. The second-order valence-corrected chi connectivity index (χ2v) is 7.03. The van der Waals surface area contributed by atoms with Crippen LogP contribution in [0.1, 0.15) is 53.4 Å². The van der Waals surface area contributed by atoms with Crippen molar-refractivity contribution in [3.05, 3.63) is 0 Å². The van der Waals surface area contributed by atoms with Gasteiger partial charge in [0, 0.05) is 6.04 Å². The third-order valence-electron chi connectivity index (χ3n) is 4.19. The Bertz CT molecular complexity index is 286. The molecule has 0 aromatic heterocycles. The van der Waals surface area contributed by atoms with Crippen molar-refractivity contribution in [1.82, 2.24) is 15.5 Å². The predicted molar refractivity (Wildman–Crippen MR) is 89.4 cm³/mol. The molecule has 0 spiro atoms. The Labute approximate surface area is 131 Å². The van der Waals surface area contributed by atoms with Crippen LogP contribution < -0.4 is 10.6 Å². The molecule has 0 aliphatic carbocycles. The molecule has 0 aromatic rings. The summed E-state index contributed by atoms with van der Waals surface area (Å²) in [4.78, 5) is 14.3. The zero-order valence-electron chi connectivity index (χ0n) is 14.5. The number of nitrogens with zero attached hydrogens (tertiary/aromatic N) is 1. The summed E-state index contributed by atoms with van der Waals surface area (Å²) in [6, 6.07) is 0.306. The lowest BCUT2D eigenvalue weighted by Gasteiger charge is -2.32. The molecule has 0 bridgehead atoms. The number of piperidine rings is 1. The van der Waals surface area contributed by atoms with E-state index < -0.39 is 0 Å². The highest BCUT2D eigenvalue weighted by atomic mass is 16.2. The average molecular weight is 297 g/mol. The summed E-state index contributed by atoms with van der Waals surface area (Å²) in [6.45, 7) is 13.7. The van der Waals surface area contributed by atoms with Crippen molar-refractivity contribution in [2.75, 3.05) is 32.7 Å². The lowest BCUT2D eigenvalue weighted by atomic mass is 9.96. The number of rotatable bonds is 9. The maximum atomic E-state index is 12.0. The third kappa shape index (κ3) is 8.42. The van der Waals surface area contributed by atoms with E-state index in [1.54, 1.807) is 0 Å². The Balaban J connectivity index is 2.13. The van der Waals surface area contributed by atoms with Crippen molar-refractivity contribution in [1.29, 1.82) is 0 Å². The standard InChI is InChI=1S/C17H35N3O/c1-5-6-15(4)19-17(21)13-20-9-7-16(8-10-20)12-18-11-14(2)3/h14-16,18H,5-13H2,1-4H3,(H,19,21). The lowest BCUT2D eigenvalue weighted by Crippen LogP contribution is -2.45. The first-order valence-electron chi connectivity index (χ1n) is 8.73. The monoisotopic (exact) mass is 297 g/mol. The molecule has 2 N–H and O–H groups in total. The van der Waals surface area contributed by atoms with Crippen LogP contribution in [0.2, 0.25) is 0 Å². The molecule has 0 radical (unpaired) electrons. The van der Waals surface area contributed by atoms with E-state index in [2.05, 4.69) is 43.2 Å². The number of likely N-dealkylation sites (tertiary alicyclic amines) is 1. The first kappa shape index (κ1) is 18.4. The molecule has 4 nitrogen and oxygen atoms in total. The Morgan fingerprint density at radius 3 is 2.48 bits per heavy atom. The van der Waals surface area contributed by atoms with Crippen LogP contribution in [0.4, 0.5) is 0 Å². The van der Waals surface area contributed by atoms with E-state index in [0.717, 1.165) is 50.9 Å². The Kier molecular flexibility index (Phi) is 8.93. The molecular formula is C17H35N3O. The third-order valence-corrected chi connectivity index (χ3v) is 4.19. The summed E-state index contributed by atoms with van der Waals surface area (Å²) >= 11 is 0. The van der Waals surface area contributed by atoms with Gasteiger partial charge < -0.3 is 10.6 Å². The topological polar surface area (TPSA) is 44.4 Å². The fourth-order valence-electron chi connectivity index (χ4n) is 2.95. The van der Waals surface area contributed by atoms with Gasteiger partial charge in [-0.2, -0.15) is 0 Å². The van der Waals surface area contributed by atoms with Gasteiger partial charge in [-0.25, -0.2) is 0 Å². The molecular weight excluding hydrogens is 262 g/mol. The molecule has 124 valence electrons. The normalized spacial score (nSPS) is 18.9. The van der Waals surface area contributed by atoms with Crippen LogP contribution in [0, 0.1) is 11.8 Å². The quantitative estimate of drug-likeness (QED) is 0.686. The molecule has 1 fully saturated rings. The lowest BCUT2D eigenvalue weighted by molar-refractivity contribution is -0.123. The van der Waals surface area contributed by atoms with Gasteiger partial charge in [-0.05, 0) is 64.2 Å². The second kappa shape index (κ2) is 10.2. The van der Waals surface area contributed by atoms with Crippen molar-refractivity contribution in [3.8, 4) is 0 Å². The van der Waals surface area contributed by atoms with Gasteiger partial charge in [0.1, 0.15) is 0 Å². The van der Waals surface area contributed by atoms with Gasteiger partial charge in [0.2, 0.25) is 5.91 Å². The van der Waals surface area contributed by atoms with Crippen LogP contribution in [-0.4, -0.2) is 49.6 Å². The summed E-state index contributed by atoms with van der Waals surface area (Å²) in [6.07, 6.45) is 4.61. The summed E-state index contributed by atoms with van der Waals surface area (Å²) in [7, 11) is 0. The molecule has 1 amide bonds. The minimum atomic E-state index is 0.187. The fourth-order valence-corrected chi connectivity index (χ4v) is 2.95. The number of hydrogen-bond acceptors (Lipinski definition) is 3. The molecule has 1 aliphatic rings. The highest BCUT2D eigenvalue weighted by Gasteiger charge is 2.20. The van der Waals surface area contributed by atoms with E-state index in [9.17, 15) is 4.79 Å². The van der Waals surface area contributed by atoms with Gasteiger partial charge in [-0.1, -0.05) is 27.2 Å². The molecule has 1 aliphatic heterocycles. The molecule has 1 unspecified atom stereocenters. The van der Waals surface area contributed by atoms with Crippen molar-refractivity contribution in [2.24, 2.45) is 11.8 Å². The van der Waals surface area contributed by atoms with Gasteiger partial charge in [-0.3, -0.25) is 9.69 Å². The number of nitrogens with one attached hydrogen (secondary N) is 2. The maximum Gasteiger partial charge on any atom is 0.234 e. The van der Waals surface area contributed by atoms with Gasteiger partial charge in [0.15, 0.2) is 0 Å². The minimum Gasteiger partial charge on any atom is -0.353 e. The van der Waals surface area contributed by atoms with E-state index in [0.29, 0.717) is 12.6 Å². The van der Waals surface area contributed by atoms with Gasteiger partial charge in [0.05, 0.1) is 6.54 Å². The van der Waals surface area contributed by atoms with E-state index >= 15 is 0 Å². The molecule has 0 saturated carbocycles. The second-order valence-electron chi connectivity index (χ2n) is 7.03. The van der Waals surface area contributed by atoms with Crippen LogP contribution in [0.25, 0.3) is 0 Å². The molecule has 0 aromatic carbocycles. The van der Waals surface area contributed by atoms with Crippen LogP contribution in [0.3, 0.4) is 0 Å². The summed E-state index contributed by atoms with van der Waals surface area (Å²) in [5.41, 5.74) is 0. The minimum absolute atomic E-state index is 0.187. The number of carbonyl (C=O) groups excluding carboxylic acids is 1. The molecule has 21 heavy (non-hydrogen) atoms. The summed E-state index contributed by atoms with van der Waals surface area (Å²) in [5, 5.41) is 6.65. The Hall–Kier alpha value is -0.610. The maximum absolute atomic E-state index is 12.0. The van der Waals surface area contributed by atoms with Crippen molar-refractivity contribution in [3.63, 3.8) is 0 Å². The van der Waals surface area contributed by atoms with Crippen molar-refractivity contribution in [2.45, 2.75) is 59.4 Å². The summed E-state index contributed by atoms with van der Waals surface area (Å²) < 4.78 is 0. The Morgan fingerprint density at radius 2 is 1.90 bits per heavy atom. The van der Waals surface area contributed by atoms with Gasteiger partial charge in [-0.15, -0.1) is 0 Å². The van der Waals surface area contributed by atoms with E-state index in [1.807, 2.05) is 0 Å². The molecule has 1 atom stereocenters. The largest absolute Gasteiger partial charge is 0.353 e. The first-order chi connectivity index (χ1) is 10.0. The zero-order chi connectivity index (χ0) is 15.7. The highest BCUT2D eigenvalue weighted by Crippen LogP contribution is 2.16. The number of carbonyl (C=O) groups is 1. The molecule has 1 saturated heterocycles. The van der Waals surface area contributed by atoms with E-state index in [1.165, 1.54) is 12.8 Å². The van der Waals surface area contributed by atoms with Crippen LogP contribution in [-0.2, 0) is 4.79 Å². The van der Waals surface area contributed by atoms with Crippen LogP contribution in [0.15, 0.2) is 0 Å². The Morgan fingerprint density at radius 1 is 1.24 bits per heavy atom. The van der Waals surface area contributed by atoms with Crippen molar-refractivity contribution < 1.29 is 4.79 Å². The van der Waals surface area contributed by atoms with Crippen LogP contribution in [0.5, 0.6) is 0 Å². The SMILES string of the molecule is CCCC(C)NC(=O)CN1CCC(CNCC(C)C)CC1. The zero-order valence-corrected chi connectivity index (χ0v) is 14.5. The summed E-state index contributed by atoms with van der Waals surface area (Å²) in [5.74, 6) is 1.69. The molecule has 1 heterocycles. The van der Waals surface area contributed by atoms with Crippen LogP contribution >= 0.6 is 0 Å². The first-order valence-corrected chi connectivity index (χ1v) is 8.73. The van der Waals surface area contributed by atoms with Gasteiger partial charge >= 0.3 is 0 Å². The predicted octanol–water partition coefficient (Wildman–Crippen LogP) is 2.25. The number of hydrogen-bond donors (Lipinski definition) is 2. The van der Waals surface area contributed by atoms with Gasteiger partial charge in [0.25, 0.3) is 0 Å². The highest BCUT2D eigenvalue weighted by molar-refractivity contribution is 5.78. The molecule has 1 rings (SSSR count). The van der Waals surface area contributed by atoms with E-state index in [-0.39, 0.29) is 5.91 Å². The van der Waals surface area contributed by atoms with Crippen molar-refractivity contribution >= 4 is 5.91 Å². The van der Waals surface area contributed by atoms with E-state index in [4.69, 9.17) is 0 Å².